The van der Waals surface area contributed by atoms with Gasteiger partial charge >= 0.3 is 11.9 Å². The van der Waals surface area contributed by atoms with Crippen LogP contribution in [0, 0.1) is 0 Å². The van der Waals surface area contributed by atoms with Crippen LogP contribution in [0.25, 0.3) is 17.1 Å². The van der Waals surface area contributed by atoms with E-state index in [0.29, 0.717) is 20.8 Å². The molecule has 10 nitrogen and oxygen atoms in total. The smallest absolute Gasteiger partial charge is 0.385 e. The average Bonchev–Trinajstić information content (AvgIpc) is 3.36. The molecule has 0 saturated heterocycles. The highest BCUT2D eigenvalue weighted by atomic mass is 35.5. The van der Waals surface area contributed by atoms with Gasteiger partial charge < -0.3 is 10.2 Å². The Labute approximate surface area is 211 Å². The van der Waals surface area contributed by atoms with Crippen molar-refractivity contribution in [3.05, 3.63) is 74.9 Å². The number of aromatic nitrogens is 7. The van der Waals surface area contributed by atoms with Crippen molar-refractivity contribution in [2.45, 2.75) is 38.4 Å². The maximum Gasteiger partial charge on any atom is 0.416 e. The third-order valence-corrected chi connectivity index (χ3v) is 5.65. The van der Waals surface area contributed by atoms with E-state index in [4.69, 9.17) is 23.2 Å². The molecule has 2 N–H and O–H groups in total. The number of nitrogens with zero attached hydrogens (tertiary/aromatic N) is 7. The predicted molar refractivity (Wildman–Crippen MR) is 123 cm³/mol. The topological polar surface area (TPSA) is 124 Å². The lowest BCUT2D eigenvalue weighted by atomic mass is 10.2. The molecule has 0 fully saturated rings. The molecule has 2 atom stereocenters. The molecule has 0 radical (unpaired) electrons. The molecule has 0 bridgehead atoms. The van der Waals surface area contributed by atoms with Crippen molar-refractivity contribution >= 4 is 23.2 Å². The molecule has 0 unspecified atom stereocenters. The summed E-state index contributed by atoms with van der Waals surface area (Å²) < 4.78 is 42.0. The van der Waals surface area contributed by atoms with Gasteiger partial charge in [-0.2, -0.15) is 13.2 Å². The molecular weight excluding hydrogens is 526 g/mol. The van der Waals surface area contributed by atoms with Crippen LogP contribution in [0.15, 0.2) is 47.5 Å². The molecule has 4 aromatic rings. The van der Waals surface area contributed by atoms with E-state index in [1.807, 2.05) is 0 Å². The first-order valence-corrected chi connectivity index (χ1v) is 11.1. The van der Waals surface area contributed by atoms with E-state index in [0.717, 1.165) is 4.68 Å². The van der Waals surface area contributed by atoms with Gasteiger partial charge in [0.15, 0.2) is 23.6 Å². The number of rotatable bonds is 7. The van der Waals surface area contributed by atoms with Crippen LogP contribution in [0.2, 0.25) is 10.0 Å². The zero-order chi connectivity index (χ0) is 26.2. The summed E-state index contributed by atoms with van der Waals surface area (Å²) in [6.07, 6.45) is -5.96. The minimum absolute atomic E-state index is 0.0246. The van der Waals surface area contributed by atoms with Crippen LogP contribution in [-0.2, 0) is 13.1 Å². The lowest BCUT2D eigenvalue weighted by Crippen LogP contribution is -2.37. The lowest BCUT2D eigenvalue weighted by Gasteiger charge is -2.15. The molecule has 15 heteroatoms. The van der Waals surface area contributed by atoms with E-state index in [1.54, 1.807) is 0 Å². The minimum atomic E-state index is -4.95. The van der Waals surface area contributed by atoms with Crippen LogP contribution in [0.4, 0.5) is 13.2 Å². The van der Waals surface area contributed by atoms with Crippen LogP contribution >= 0.6 is 23.2 Å². The standard InChI is InChI=1S/C21H18Cl2F3N7O3/c1-11(34)18-28-17(29-33(18)15-8-27-7-6-14(15)23)10-32-20(36)31(9-16(35)21(24,25)26)19(30-32)12-2-4-13(22)5-3-12/h2-8,11,16,34-35H,9-10H2,1H3/t11-,16-/m0/s1. The fraction of sp³-hybridized carbons (Fsp3) is 0.286. The van der Waals surface area contributed by atoms with Crippen molar-refractivity contribution in [2.75, 3.05) is 0 Å². The van der Waals surface area contributed by atoms with Crippen LogP contribution < -0.4 is 5.69 Å². The van der Waals surface area contributed by atoms with E-state index in [1.165, 1.54) is 54.3 Å². The van der Waals surface area contributed by atoms with Gasteiger partial charge in [0.05, 0.1) is 17.8 Å². The second kappa shape index (κ2) is 10.0. The number of aliphatic hydroxyl groups is 2. The molecule has 0 saturated carbocycles. The molecular formula is C21H18Cl2F3N7O3. The summed E-state index contributed by atoms with van der Waals surface area (Å²) in [4.78, 5) is 21.3. The Morgan fingerprint density at radius 3 is 2.39 bits per heavy atom. The molecule has 0 spiro atoms. The second-order valence-electron chi connectivity index (χ2n) is 7.74. The first-order chi connectivity index (χ1) is 17.0. The molecule has 3 aromatic heterocycles. The van der Waals surface area contributed by atoms with Gasteiger partial charge in [0, 0.05) is 16.8 Å². The van der Waals surface area contributed by atoms with E-state index >= 15 is 0 Å². The molecule has 4 rings (SSSR count). The van der Waals surface area contributed by atoms with E-state index < -0.39 is 30.6 Å². The molecule has 0 amide bonds. The van der Waals surface area contributed by atoms with Gasteiger partial charge in [-0.1, -0.05) is 23.2 Å². The van der Waals surface area contributed by atoms with Crippen LogP contribution in [0.3, 0.4) is 0 Å². The fourth-order valence-electron chi connectivity index (χ4n) is 3.34. The van der Waals surface area contributed by atoms with Crippen molar-refractivity contribution in [3.8, 4) is 17.1 Å². The molecule has 0 aliphatic carbocycles. The summed E-state index contributed by atoms with van der Waals surface area (Å²) in [7, 11) is 0. The number of hydrogen-bond donors (Lipinski definition) is 2. The Balaban J connectivity index is 1.78. The second-order valence-corrected chi connectivity index (χ2v) is 8.58. The fourth-order valence-corrected chi connectivity index (χ4v) is 3.65. The van der Waals surface area contributed by atoms with E-state index in [-0.39, 0.29) is 29.0 Å². The Hall–Kier alpha value is -3.26. The largest absolute Gasteiger partial charge is 0.416 e. The van der Waals surface area contributed by atoms with Crippen molar-refractivity contribution in [3.63, 3.8) is 0 Å². The normalized spacial score (nSPS) is 13.7. The zero-order valence-electron chi connectivity index (χ0n) is 18.4. The predicted octanol–water partition coefficient (Wildman–Crippen LogP) is 3.02. The van der Waals surface area contributed by atoms with E-state index in [9.17, 15) is 28.2 Å². The van der Waals surface area contributed by atoms with Crippen LogP contribution in [0.5, 0.6) is 0 Å². The Kier molecular flexibility index (Phi) is 7.18. The number of alkyl halides is 3. The average molecular weight is 544 g/mol. The zero-order valence-corrected chi connectivity index (χ0v) is 19.9. The van der Waals surface area contributed by atoms with Gasteiger partial charge in [0.2, 0.25) is 0 Å². The highest BCUT2D eigenvalue weighted by Gasteiger charge is 2.39. The summed E-state index contributed by atoms with van der Waals surface area (Å²) in [5.41, 5.74) is -0.311. The summed E-state index contributed by atoms with van der Waals surface area (Å²) >= 11 is 12.1. The lowest BCUT2D eigenvalue weighted by molar-refractivity contribution is -0.207. The summed E-state index contributed by atoms with van der Waals surface area (Å²) in [6.45, 7) is 0.0259. The SMILES string of the molecule is C[C@H](O)c1nc(Cn2nc(-c3ccc(Cl)cc3)n(C[C@H](O)C(F)(F)F)c2=O)nn1-c1cnccc1Cl. The summed E-state index contributed by atoms with van der Waals surface area (Å²) in [6, 6.07) is 7.45. The Morgan fingerprint density at radius 1 is 1.08 bits per heavy atom. The first-order valence-electron chi connectivity index (χ1n) is 10.4. The number of aliphatic hydroxyl groups excluding tert-OH is 2. The molecule has 1 aromatic carbocycles. The number of hydrogen-bond acceptors (Lipinski definition) is 7. The molecule has 3 heterocycles. The molecule has 0 aliphatic heterocycles. The van der Waals surface area contributed by atoms with Gasteiger partial charge in [-0.25, -0.2) is 19.1 Å². The third kappa shape index (κ3) is 5.28. The highest BCUT2D eigenvalue weighted by Crippen LogP contribution is 2.25. The van der Waals surface area contributed by atoms with Crippen molar-refractivity contribution in [1.82, 2.24) is 34.1 Å². The summed E-state index contributed by atoms with van der Waals surface area (Å²) in [5, 5.41) is 28.9. The van der Waals surface area contributed by atoms with Crippen LogP contribution in [0.1, 0.15) is 24.7 Å². The minimum Gasteiger partial charge on any atom is -0.385 e. The molecule has 36 heavy (non-hydrogen) atoms. The maximum absolute atomic E-state index is 13.1. The van der Waals surface area contributed by atoms with Gasteiger partial charge in [-0.15, -0.1) is 10.2 Å². The Morgan fingerprint density at radius 2 is 1.78 bits per heavy atom. The summed E-state index contributed by atoms with van der Waals surface area (Å²) in [5.74, 6) is -0.000140. The van der Waals surface area contributed by atoms with Crippen LogP contribution in [-0.4, -0.2) is 56.6 Å². The number of halogens is 5. The monoisotopic (exact) mass is 543 g/mol. The molecule has 0 aliphatic rings. The van der Waals surface area contributed by atoms with Crippen molar-refractivity contribution in [1.29, 1.82) is 0 Å². The van der Waals surface area contributed by atoms with Gasteiger partial charge in [0.1, 0.15) is 18.3 Å². The van der Waals surface area contributed by atoms with Gasteiger partial charge in [-0.3, -0.25) is 9.55 Å². The van der Waals surface area contributed by atoms with E-state index in [2.05, 4.69) is 20.2 Å². The third-order valence-electron chi connectivity index (χ3n) is 5.08. The number of benzene rings is 1. The molecule has 190 valence electrons. The maximum atomic E-state index is 13.1. The first kappa shape index (κ1) is 25.8. The van der Waals surface area contributed by atoms with Crippen molar-refractivity contribution in [2.24, 2.45) is 0 Å². The number of pyridine rings is 1. The Bertz CT molecular complexity index is 1430. The van der Waals surface area contributed by atoms with Gasteiger partial charge in [0.25, 0.3) is 0 Å². The van der Waals surface area contributed by atoms with Crippen molar-refractivity contribution < 1.29 is 23.4 Å². The highest BCUT2D eigenvalue weighted by molar-refractivity contribution is 6.32. The quantitative estimate of drug-likeness (QED) is 0.367. The van der Waals surface area contributed by atoms with Gasteiger partial charge in [-0.05, 0) is 37.3 Å².